The highest BCUT2D eigenvalue weighted by molar-refractivity contribution is 4.85. The van der Waals surface area contributed by atoms with Crippen LogP contribution < -0.4 is 0 Å². The maximum Gasteiger partial charge on any atom is 0.238 e. The van der Waals surface area contributed by atoms with Crippen LogP contribution in [0, 0.1) is 16.2 Å². The molecule has 0 amide bonds. The molecule has 1 radical (unpaired) electrons. The van der Waals surface area contributed by atoms with Crippen LogP contribution in [0.3, 0.4) is 0 Å². The second-order valence-electron chi connectivity index (χ2n) is 2.10. The van der Waals surface area contributed by atoms with E-state index < -0.39 is 6.04 Å². The number of allylic oxidation sites excluding steroid dienone is 1. The molecule has 1 unspecified atom stereocenters. The Balaban J connectivity index is 2.50. The Morgan fingerprint density at radius 1 is 1.78 bits per heavy atom. The van der Waals surface area contributed by atoms with Gasteiger partial charge in [0.25, 0.3) is 0 Å². The normalized spacial score (nSPS) is 26.0. The van der Waals surface area contributed by atoms with Gasteiger partial charge in [0.2, 0.25) is 6.04 Å². The number of hydrogen-bond donors (Lipinski definition) is 0. The van der Waals surface area contributed by atoms with Crippen LogP contribution in [0.1, 0.15) is 19.3 Å². The minimum atomic E-state index is -0.529. The van der Waals surface area contributed by atoms with Crippen LogP contribution in [0.5, 0.6) is 0 Å². The van der Waals surface area contributed by atoms with E-state index in [1.54, 1.807) is 6.08 Å². The van der Waals surface area contributed by atoms with E-state index >= 15 is 0 Å². The Hall–Kier alpha value is -0.860. The van der Waals surface area contributed by atoms with Gasteiger partial charge in [-0.3, -0.25) is 10.1 Å². The first-order valence-electron chi connectivity index (χ1n) is 3.02. The Morgan fingerprint density at radius 3 is 2.89 bits per heavy atom. The topological polar surface area (TPSA) is 43.1 Å². The Kier molecular flexibility index (Phi) is 1.82. The number of nitrogens with zero attached hydrogens (tertiary/aromatic N) is 1. The third-order valence-electron chi connectivity index (χ3n) is 1.39. The lowest BCUT2D eigenvalue weighted by Crippen LogP contribution is -2.18. The molecule has 1 atom stereocenters. The molecule has 49 valence electrons. The van der Waals surface area contributed by atoms with E-state index in [4.69, 9.17) is 0 Å². The summed E-state index contributed by atoms with van der Waals surface area (Å²) >= 11 is 0. The SMILES string of the molecule is O=[N+]([O-])C1[C]=CCCC1. The Morgan fingerprint density at radius 2 is 2.56 bits per heavy atom. The molecule has 1 aliphatic carbocycles. The predicted molar refractivity (Wildman–Crippen MR) is 32.4 cm³/mol. The lowest BCUT2D eigenvalue weighted by Gasteiger charge is -2.06. The average molecular weight is 126 g/mol. The molecular weight excluding hydrogens is 118 g/mol. The van der Waals surface area contributed by atoms with E-state index in [0.717, 1.165) is 12.8 Å². The van der Waals surface area contributed by atoms with Gasteiger partial charge in [0.15, 0.2) is 0 Å². The standard InChI is InChI=1S/C6H8NO2/c8-7(9)6-4-2-1-3-5-6/h2,6H,1,3,5H2. The summed E-state index contributed by atoms with van der Waals surface area (Å²) in [7, 11) is 0. The molecule has 0 bridgehead atoms. The molecule has 1 rings (SSSR count). The molecule has 9 heavy (non-hydrogen) atoms. The first-order valence-corrected chi connectivity index (χ1v) is 3.02. The third-order valence-corrected chi connectivity index (χ3v) is 1.39. The first-order chi connectivity index (χ1) is 4.30. The van der Waals surface area contributed by atoms with Gasteiger partial charge in [-0.2, -0.15) is 0 Å². The van der Waals surface area contributed by atoms with Crippen molar-refractivity contribution >= 4 is 0 Å². The zero-order valence-electron chi connectivity index (χ0n) is 5.04. The maximum absolute atomic E-state index is 10.1. The van der Waals surface area contributed by atoms with Crippen molar-refractivity contribution in [2.45, 2.75) is 25.3 Å². The molecule has 0 saturated heterocycles. The van der Waals surface area contributed by atoms with E-state index in [9.17, 15) is 10.1 Å². The molecule has 0 N–H and O–H groups in total. The summed E-state index contributed by atoms with van der Waals surface area (Å²) in [5.74, 6) is 0. The number of nitro groups is 1. The zero-order valence-corrected chi connectivity index (χ0v) is 5.04. The number of hydrogen-bond acceptors (Lipinski definition) is 2. The van der Waals surface area contributed by atoms with Gasteiger partial charge in [-0.1, -0.05) is 6.08 Å². The molecule has 0 spiro atoms. The molecule has 0 aromatic heterocycles. The Labute approximate surface area is 53.5 Å². The molecule has 0 fully saturated rings. The Bertz CT molecular complexity index is 142. The molecule has 0 aromatic rings. The average Bonchev–Trinajstić information content (AvgIpc) is 1.90. The fraction of sp³-hybridized carbons (Fsp3) is 0.667. The predicted octanol–water partition coefficient (Wildman–Crippen LogP) is 1.17. The van der Waals surface area contributed by atoms with Crippen LogP contribution in [0.15, 0.2) is 6.08 Å². The van der Waals surface area contributed by atoms with Gasteiger partial charge in [0.1, 0.15) is 0 Å². The molecule has 0 aromatic carbocycles. The van der Waals surface area contributed by atoms with Gasteiger partial charge in [-0.05, 0) is 12.8 Å². The second-order valence-corrected chi connectivity index (χ2v) is 2.10. The molecule has 3 heteroatoms. The molecule has 0 heterocycles. The van der Waals surface area contributed by atoms with Crippen LogP contribution in [-0.4, -0.2) is 11.0 Å². The van der Waals surface area contributed by atoms with Crippen LogP contribution >= 0.6 is 0 Å². The van der Waals surface area contributed by atoms with Gasteiger partial charge >= 0.3 is 0 Å². The van der Waals surface area contributed by atoms with Crippen LogP contribution in [-0.2, 0) is 0 Å². The quantitative estimate of drug-likeness (QED) is 0.391. The summed E-state index contributed by atoms with van der Waals surface area (Å²) in [4.78, 5) is 9.80. The van der Waals surface area contributed by atoms with E-state index in [1.165, 1.54) is 0 Å². The largest absolute Gasteiger partial charge is 0.264 e. The highest BCUT2D eigenvalue weighted by Crippen LogP contribution is 2.11. The van der Waals surface area contributed by atoms with E-state index in [2.05, 4.69) is 6.08 Å². The van der Waals surface area contributed by atoms with Crippen molar-refractivity contribution in [2.75, 3.05) is 0 Å². The lowest BCUT2D eigenvalue weighted by molar-refractivity contribution is -0.513. The smallest absolute Gasteiger partial charge is 0.238 e. The van der Waals surface area contributed by atoms with E-state index in [1.807, 2.05) is 0 Å². The van der Waals surface area contributed by atoms with Crippen molar-refractivity contribution in [2.24, 2.45) is 0 Å². The fourth-order valence-corrected chi connectivity index (χ4v) is 0.882. The minimum Gasteiger partial charge on any atom is -0.264 e. The number of rotatable bonds is 1. The van der Waals surface area contributed by atoms with Crippen LogP contribution in [0.2, 0.25) is 0 Å². The van der Waals surface area contributed by atoms with Gasteiger partial charge in [0, 0.05) is 17.4 Å². The first kappa shape index (κ1) is 6.26. The zero-order chi connectivity index (χ0) is 6.69. The van der Waals surface area contributed by atoms with Crippen molar-refractivity contribution in [1.82, 2.24) is 0 Å². The van der Waals surface area contributed by atoms with Crippen molar-refractivity contribution in [3.8, 4) is 0 Å². The summed E-state index contributed by atoms with van der Waals surface area (Å²) in [6.45, 7) is 0. The minimum absolute atomic E-state index is 0.282. The summed E-state index contributed by atoms with van der Waals surface area (Å²) in [6.07, 6.45) is 6.99. The summed E-state index contributed by atoms with van der Waals surface area (Å²) in [5, 5.41) is 10.1. The molecule has 0 aliphatic heterocycles. The van der Waals surface area contributed by atoms with Gasteiger partial charge in [-0.25, -0.2) is 0 Å². The van der Waals surface area contributed by atoms with E-state index in [-0.39, 0.29) is 4.92 Å². The van der Waals surface area contributed by atoms with Crippen LogP contribution in [0.4, 0.5) is 0 Å². The third kappa shape index (κ3) is 1.52. The van der Waals surface area contributed by atoms with Gasteiger partial charge in [0.05, 0.1) is 0 Å². The van der Waals surface area contributed by atoms with Crippen molar-refractivity contribution in [1.29, 1.82) is 0 Å². The van der Waals surface area contributed by atoms with Gasteiger partial charge in [-0.15, -0.1) is 0 Å². The second kappa shape index (κ2) is 2.62. The molecule has 3 nitrogen and oxygen atoms in total. The maximum atomic E-state index is 10.1. The van der Waals surface area contributed by atoms with Crippen molar-refractivity contribution < 1.29 is 4.92 Å². The fourth-order valence-electron chi connectivity index (χ4n) is 0.882. The van der Waals surface area contributed by atoms with E-state index in [0.29, 0.717) is 6.42 Å². The summed E-state index contributed by atoms with van der Waals surface area (Å²) in [6, 6.07) is -0.529. The highest BCUT2D eigenvalue weighted by atomic mass is 16.6. The lowest BCUT2D eigenvalue weighted by atomic mass is 10.0. The van der Waals surface area contributed by atoms with Gasteiger partial charge < -0.3 is 0 Å². The molecule has 0 saturated carbocycles. The summed E-state index contributed by atoms with van der Waals surface area (Å²) < 4.78 is 0. The van der Waals surface area contributed by atoms with Crippen molar-refractivity contribution in [3.63, 3.8) is 0 Å². The highest BCUT2D eigenvalue weighted by Gasteiger charge is 2.17. The molecular formula is C6H8NO2. The molecule has 1 aliphatic rings. The monoisotopic (exact) mass is 126 g/mol. The van der Waals surface area contributed by atoms with Crippen molar-refractivity contribution in [3.05, 3.63) is 22.3 Å². The summed E-state index contributed by atoms with van der Waals surface area (Å²) in [5.41, 5.74) is 0. The van der Waals surface area contributed by atoms with Crippen LogP contribution in [0.25, 0.3) is 0 Å².